The third kappa shape index (κ3) is 5.20. The van der Waals surface area contributed by atoms with Gasteiger partial charge in [0.05, 0.1) is 11.1 Å². The number of rotatable bonds is 3. The SMILES string of the molecule is O=C1CCC(N2C(=O)c3ccc(N4CCN(C5CNC5)CC4)cc3C2=O)C(=O)N1.O=CC(F)(F)F. The van der Waals surface area contributed by atoms with Gasteiger partial charge in [-0.05, 0) is 24.6 Å². The summed E-state index contributed by atoms with van der Waals surface area (Å²) in [5.74, 6) is -1.88. The highest BCUT2D eigenvalue weighted by molar-refractivity contribution is 6.23. The van der Waals surface area contributed by atoms with Gasteiger partial charge in [-0.2, -0.15) is 13.2 Å². The maximum Gasteiger partial charge on any atom is 0.446 e. The number of halogens is 3. The minimum absolute atomic E-state index is 0.121. The topological polar surface area (TPSA) is 119 Å². The summed E-state index contributed by atoms with van der Waals surface area (Å²) >= 11 is 0. The largest absolute Gasteiger partial charge is 0.446 e. The van der Waals surface area contributed by atoms with Crippen LogP contribution in [0.25, 0.3) is 0 Å². The number of anilines is 1. The quantitative estimate of drug-likeness (QED) is 0.442. The predicted octanol–water partition coefficient (Wildman–Crippen LogP) is -0.0708. The van der Waals surface area contributed by atoms with E-state index in [-0.39, 0.29) is 18.7 Å². The van der Waals surface area contributed by atoms with Gasteiger partial charge in [-0.15, -0.1) is 0 Å². The van der Waals surface area contributed by atoms with Gasteiger partial charge in [-0.25, -0.2) is 0 Å². The van der Waals surface area contributed by atoms with Crippen LogP contribution < -0.4 is 15.5 Å². The Morgan fingerprint density at radius 3 is 2.11 bits per heavy atom. The van der Waals surface area contributed by atoms with Gasteiger partial charge in [0.1, 0.15) is 6.04 Å². The van der Waals surface area contributed by atoms with Gasteiger partial charge >= 0.3 is 6.18 Å². The molecule has 4 aliphatic heterocycles. The van der Waals surface area contributed by atoms with E-state index in [0.717, 1.165) is 49.9 Å². The van der Waals surface area contributed by atoms with Gasteiger partial charge in [-0.1, -0.05) is 0 Å². The lowest BCUT2D eigenvalue weighted by Gasteiger charge is -2.43. The number of carbonyl (C=O) groups excluding carboxylic acids is 5. The van der Waals surface area contributed by atoms with Crippen molar-refractivity contribution in [2.75, 3.05) is 44.2 Å². The number of imide groups is 2. The highest BCUT2D eigenvalue weighted by Gasteiger charge is 2.44. The molecule has 13 heteroatoms. The van der Waals surface area contributed by atoms with E-state index in [1.54, 1.807) is 12.1 Å². The summed E-state index contributed by atoms with van der Waals surface area (Å²) in [4.78, 5) is 63.7. The van der Waals surface area contributed by atoms with Crippen LogP contribution >= 0.6 is 0 Å². The number of fused-ring (bicyclic) bond motifs is 1. The molecule has 188 valence electrons. The van der Waals surface area contributed by atoms with Gasteiger partial charge in [0.15, 0.2) is 0 Å². The van der Waals surface area contributed by atoms with Crippen molar-refractivity contribution in [2.24, 2.45) is 0 Å². The first-order valence-electron chi connectivity index (χ1n) is 11.2. The van der Waals surface area contributed by atoms with Crippen LogP contribution in [0.4, 0.5) is 18.9 Å². The molecule has 3 saturated heterocycles. The van der Waals surface area contributed by atoms with Gasteiger partial charge in [0.25, 0.3) is 11.8 Å². The van der Waals surface area contributed by atoms with E-state index >= 15 is 0 Å². The number of aldehydes is 1. The molecule has 4 aliphatic rings. The predicted molar refractivity (Wildman–Crippen MR) is 116 cm³/mol. The van der Waals surface area contributed by atoms with E-state index in [2.05, 4.69) is 20.4 Å². The lowest BCUT2D eigenvalue weighted by atomic mass is 10.0. The number of carbonyl (C=O) groups is 5. The molecular formula is C22H24F3N5O5. The number of hydrogen-bond acceptors (Lipinski definition) is 8. The number of alkyl halides is 3. The van der Waals surface area contributed by atoms with Crippen molar-refractivity contribution in [3.63, 3.8) is 0 Å². The van der Waals surface area contributed by atoms with E-state index in [9.17, 15) is 32.3 Å². The Balaban J connectivity index is 0.000000431. The van der Waals surface area contributed by atoms with Crippen LogP contribution in [0.3, 0.4) is 0 Å². The second-order valence-corrected chi connectivity index (χ2v) is 8.67. The zero-order valence-corrected chi connectivity index (χ0v) is 18.6. The average Bonchev–Trinajstić information content (AvgIpc) is 3.03. The first kappa shape index (κ1) is 24.8. The monoisotopic (exact) mass is 495 g/mol. The Hall–Kier alpha value is -3.32. The molecule has 3 fully saturated rings. The third-order valence-electron chi connectivity index (χ3n) is 6.51. The summed E-state index contributed by atoms with van der Waals surface area (Å²) in [6.07, 6.45) is -5.41. The van der Waals surface area contributed by atoms with Crippen LogP contribution in [0.5, 0.6) is 0 Å². The lowest BCUT2D eigenvalue weighted by Crippen LogP contribution is -2.61. The van der Waals surface area contributed by atoms with Gasteiger partial charge < -0.3 is 10.2 Å². The van der Waals surface area contributed by atoms with Crippen LogP contribution in [-0.2, 0) is 14.4 Å². The van der Waals surface area contributed by atoms with Crippen molar-refractivity contribution in [2.45, 2.75) is 31.1 Å². The summed E-state index contributed by atoms with van der Waals surface area (Å²) in [5.41, 5.74) is 1.58. The van der Waals surface area contributed by atoms with Crippen LogP contribution in [0.2, 0.25) is 0 Å². The first-order valence-corrected chi connectivity index (χ1v) is 11.2. The van der Waals surface area contributed by atoms with Crippen molar-refractivity contribution >= 4 is 35.6 Å². The lowest BCUT2D eigenvalue weighted by molar-refractivity contribution is -0.156. The molecule has 0 spiro atoms. The van der Waals surface area contributed by atoms with Gasteiger partial charge in [0.2, 0.25) is 18.1 Å². The van der Waals surface area contributed by atoms with Crippen LogP contribution in [0.1, 0.15) is 33.6 Å². The number of hydrogen-bond donors (Lipinski definition) is 2. The second kappa shape index (κ2) is 9.74. The van der Waals surface area contributed by atoms with Crippen molar-refractivity contribution in [3.8, 4) is 0 Å². The Bertz CT molecular complexity index is 1050. The molecule has 35 heavy (non-hydrogen) atoms. The van der Waals surface area contributed by atoms with E-state index in [1.807, 2.05) is 6.07 Å². The van der Waals surface area contributed by atoms with E-state index in [4.69, 9.17) is 4.79 Å². The van der Waals surface area contributed by atoms with Crippen LogP contribution in [-0.4, -0.2) is 97.2 Å². The highest BCUT2D eigenvalue weighted by Crippen LogP contribution is 2.31. The number of benzene rings is 1. The molecule has 0 radical (unpaired) electrons. The molecular weight excluding hydrogens is 471 g/mol. The summed E-state index contributed by atoms with van der Waals surface area (Å²) in [7, 11) is 0. The number of nitrogens with zero attached hydrogens (tertiary/aromatic N) is 3. The molecule has 1 atom stereocenters. The fraction of sp³-hybridized carbons (Fsp3) is 0.500. The fourth-order valence-electron chi connectivity index (χ4n) is 4.53. The minimum atomic E-state index is -4.64. The van der Waals surface area contributed by atoms with Crippen molar-refractivity contribution < 1.29 is 37.1 Å². The smallest absolute Gasteiger partial charge is 0.369 e. The number of piperidine rings is 1. The van der Waals surface area contributed by atoms with Gasteiger partial charge in [-0.3, -0.25) is 39.1 Å². The molecule has 0 saturated carbocycles. The van der Waals surface area contributed by atoms with Crippen LogP contribution in [0, 0.1) is 0 Å². The Kier molecular flexibility index (Phi) is 6.90. The molecule has 10 nitrogen and oxygen atoms in total. The van der Waals surface area contributed by atoms with E-state index in [1.165, 1.54) is 0 Å². The zero-order chi connectivity index (χ0) is 25.3. The molecule has 5 rings (SSSR count). The van der Waals surface area contributed by atoms with Crippen molar-refractivity contribution in [1.29, 1.82) is 0 Å². The Morgan fingerprint density at radius 2 is 1.57 bits per heavy atom. The normalized spacial score (nSPS) is 23.3. The summed E-state index contributed by atoms with van der Waals surface area (Å²) in [6, 6.07) is 5.01. The third-order valence-corrected chi connectivity index (χ3v) is 6.51. The van der Waals surface area contributed by atoms with E-state index < -0.39 is 36.2 Å². The van der Waals surface area contributed by atoms with Crippen molar-refractivity contribution in [1.82, 2.24) is 20.4 Å². The maximum atomic E-state index is 13.0. The Morgan fingerprint density at radius 1 is 0.943 bits per heavy atom. The minimum Gasteiger partial charge on any atom is -0.369 e. The number of nitrogens with one attached hydrogen (secondary N) is 2. The molecule has 1 unspecified atom stereocenters. The molecule has 4 heterocycles. The highest BCUT2D eigenvalue weighted by atomic mass is 19.4. The molecule has 1 aromatic carbocycles. The first-order chi connectivity index (χ1) is 16.6. The maximum absolute atomic E-state index is 13.0. The van der Waals surface area contributed by atoms with Crippen LogP contribution in [0.15, 0.2) is 18.2 Å². The molecule has 0 aromatic heterocycles. The summed E-state index contributed by atoms with van der Waals surface area (Å²) in [5, 5.41) is 5.52. The van der Waals surface area contributed by atoms with Crippen molar-refractivity contribution in [3.05, 3.63) is 29.3 Å². The van der Waals surface area contributed by atoms with Gasteiger partial charge in [0, 0.05) is 57.4 Å². The molecule has 0 aliphatic carbocycles. The molecule has 2 N–H and O–H groups in total. The summed E-state index contributed by atoms with van der Waals surface area (Å²) in [6.45, 7) is 5.78. The Labute approximate surface area is 198 Å². The molecule has 0 bridgehead atoms. The standard InChI is InChI=1S/C20H23N5O4.C2HF3O/c26-17-4-3-16(18(27)22-17)25-19(28)14-2-1-12(9-15(14)20(25)29)23-5-7-24(8-6-23)13-10-21-11-13;3-2(4,5)1-6/h1-2,9,13,16,21H,3-8,10-11H2,(H,22,26,27);1H. The number of amides is 4. The molecule has 4 amide bonds. The zero-order valence-electron chi connectivity index (χ0n) is 18.6. The number of piperazine rings is 1. The second-order valence-electron chi connectivity index (χ2n) is 8.67. The summed E-state index contributed by atoms with van der Waals surface area (Å²) < 4.78 is 31.2. The molecule has 1 aromatic rings. The van der Waals surface area contributed by atoms with E-state index in [0.29, 0.717) is 17.2 Å². The fourth-order valence-corrected chi connectivity index (χ4v) is 4.53. The average molecular weight is 495 g/mol.